The summed E-state index contributed by atoms with van der Waals surface area (Å²) in [6, 6.07) is 7.56. The van der Waals surface area contributed by atoms with Crippen LogP contribution in [0.25, 0.3) is 11.4 Å². The van der Waals surface area contributed by atoms with Crippen LogP contribution in [0.5, 0.6) is 5.75 Å². The summed E-state index contributed by atoms with van der Waals surface area (Å²) in [6.07, 6.45) is 13.7. The quantitative estimate of drug-likeness (QED) is 0.314. The fourth-order valence-corrected chi connectivity index (χ4v) is 3.39. The normalized spacial score (nSPS) is 12.3. The third kappa shape index (κ3) is 9.38. The fraction of sp³-hybridized carbons (Fsp3) is 0.600. The molecular formula is C25H37FN2O. The minimum Gasteiger partial charge on any atom is -0.491 e. The van der Waals surface area contributed by atoms with Crippen LogP contribution >= 0.6 is 0 Å². The van der Waals surface area contributed by atoms with Crippen LogP contribution in [0.15, 0.2) is 36.7 Å². The van der Waals surface area contributed by atoms with E-state index in [2.05, 4.69) is 16.9 Å². The molecule has 2 aromatic rings. The van der Waals surface area contributed by atoms with Gasteiger partial charge in [0.25, 0.3) is 0 Å². The number of nitrogens with zero attached hydrogens (tertiary/aromatic N) is 2. The molecule has 0 fully saturated rings. The zero-order valence-corrected chi connectivity index (χ0v) is 18.4. The van der Waals surface area contributed by atoms with Crippen molar-refractivity contribution in [1.82, 2.24) is 9.97 Å². The van der Waals surface area contributed by atoms with E-state index in [4.69, 9.17) is 4.74 Å². The van der Waals surface area contributed by atoms with Gasteiger partial charge >= 0.3 is 0 Å². The maximum atomic E-state index is 13.8. The van der Waals surface area contributed by atoms with Crippen molar-refractivity contribution in [2.75, 3.05) is 6.61 Å². The third-order valence-corrected chi connectivity index (χ3v) is 5.04. The first-order valence-corrected chi connectivity index (χ1v) is 11.3. The number of hydrogen-bond acceptors (Lipinski definition) is 3. The van der Waals surface area contributed by atoms with Crippen molar-refractivity contribution in [1.29, 1.82) is 0 Å². The molecule has 0 spiro atoms. The van der Waals surface area contributed by atoms with E-state index in [-0.39, 0.29) is 6.61 Å². The molecule has 3 nitrogen and oxygen atoms in total. The molecule has 0 aliphatic heterocycles. The highest BCUT2D eigenvalue weighted by Gasteiger charge is 2.10. The van der Waals surface area contributed by atoms with E-state index in [0.717, 1.165) is 12.0 Å². The van der Waals surface area contributed by atoms with Crippen LogP contribution < -0.4 is 4.74 Å². The molecule has 0 saturated heterocycles. The first-order chi connectivity index (χ1) is 14.1. The number of halogens is 1. The summed E-state index contributed by atoms with van der Waals surface area (Å²) < 4.78 is 19.3. The lowest BCUT2D eigenvalue weighted by Gasteiger charge is -2.12. The second-order valence-electron chi connectivity index (χ2n) is 8.35. The number of hydrogen-bond donors (Lipinski definition) is 0. The summed E-state index contributed by atoms with van der Waals surface area (Å²) >= 11 is 0. The number of benzene rings is 1. The topological polar surface area (TPSA) is 35.0 Å². The molecule has 160 valence electrons. The van der Waals surface area contributed by atoms with E-state index in [9.17, 15) is 4.39 Å². The molecule has 1 aromatic carbocycles. The molecule has 0 radical (unpaired) electrons. The molecule has 0 aliphatic carbocycles. The van der Waals surface area contributed by atoms with Gasteiger partial charge in [0.1, 0.15) is 18.5 Å². The van der Waals surface area contributed by atoms with Gasteiger partial charge in [-0.2, -0.15) is 0 Å². The number of aryl methyl sites for hydroxylation is 1. The van der Waals surface area contributed by atoms with Crippen molar-refractivity contribution in [3.63, 3.8) is 0 Å². The largest absolute Gasteiger partial charge is 0.491 e. The second-order valence-corrected chi connectivity index (χ2v) is 8.35. The molecular weight excluding hydrogens is 363 g/mol. The molecule has 0 amide bonds. The Morgan fingerprint density at radius 3 is 2.14 bits per heavy atom. The third-order valence-electron chi connectivity index (χ3n) is 5.04. The highest BCUT2D eigenvalue weighted by molar-refractivity contribution is 5.55. The van der Waals surface area contributed by atoms with Gasteiger partial charge in [-0.15, -0.1) is 0 Å². The van der Waals surface area contributed by atoms with Crippen molar-refractivity contribution in [3.8, 4) is 17.1 Å². The van der Waals surface area contributed by atoms with Crippen LogP contribution in [-0.2, 0) is 6.42 Å². The van der Waals surface area contributed by atoms with E-state index in [1.165, 1.54) is 50.5 Å². The summed E-state index contributed by atoms with van der Waals surface area (Å²) in [7, 11) is 0. The first-order valence-electron chi connectivity index (χ1n) is 11.3. The zero-order valence-electron chi connectivity index (χ0n) is 18.4. The summed E-state index contributed by atoms with van der Waals surface area (Å²) in [6.45, 7) is 6.38. The molecule has 1 heterocycles. The van der Waals surface area contributed by atoms with Gasteiger partial charge in [0.15, 0.2) is 5.82 Å². The smallest absolute Gasteiger partial charge is 0.159 e. The lowest BCUT2D eigenvalue weighted by atomic mass is 10.1. The number of unbranched alkanes of at least 4 members (excludes halogenated alkanes) is 6. The average Bonchev–Trinajstić information content (AvgIpc) is 2.72. The molecule has 1 unspecified atom stereocenters. The molecule has 1 atom stereocenters. The summed E-state index contributed by atoms with van der Waals surface area (Å²) in [5.74, 6) is 1.72. The van der Waals surface area contributed by atoms with Crippen LogP contribution in [0, 0.1) is 5.92 Å². The number of ether oxygens (including phenoxy) is 1. The van der Waals surface area contributed by atoms with Crippen LogP contribution in [0.2, 0.25) is 0 Å². The molecule has 4 heteroatoms. The Morgan fingerprint density at radius 1 is 0.897 bits per heavy atom. The Morgan fingerprint density at radius 2 is 1.52 bits per heavy atom. The molecule has 1 aromatic heterocycles. The van der Waals surface area contributed by atoms with E-state index in [1.807, 2.05) is 50.5 Å². The van der Waals surface area contributed by atoms with Crippen LogP contribution in [0.1, 0.15) is 77.7 Å². The zero-order chi connectivity index (χ0) is 20.9. The lowest BCUT2D eigenvalue weighted by Crippen LogP contribution is -2.15. The minimum atomic E-state index is -0.929. The van der Waals surface area contributed by atoms with Gasteiger partial charge < -0.3 is 4.74 Å². The fourth-order valence-electron chi connectivity index (χ4n) is 3.39. The monoisotopic (exact) mass is 400 g/mol. The van der Waals surface area contributed by atoms with Crippen molar-refractivity contribution in [2.24, 2.45) is 5.92 Å². The van der Waals surface area contributed by atoms with Crippen molar-refractivity contribution in [3.05, 3.63) is 42.2 Å². The average molecular weight is 401 g/mol. The summed E-state index contributed by atoms with van der Waals surface area (Å²) in [5.41, 5.74) is 2.14. The van der Waals surface area contributed by atoms with Gasteiger partial charge in [0.05, 0.1) is 0 Å². The van der Waals surface area contributed by atoms with E-state index in [0.29, 0.717) is 23.9 Å². The van der Waals surface area contributed by atoms with Gasteiger partial charge in [-0.3, -0.25) is 0 Å². The first kappa shape index (κ1) is 23.3. The minimum absolute atomic E-state index is 0.0985. The number of alkyl halides is 1. The summed E-state index contributed by atoms with van der Waals surface area (Å²) in [4.78, 5) is 9.03. The Balaban J connectivity index is 1.74. The van der Waals surface area contributed by atoms with Crippen LogP contribution in [-0.4, -0.2) is 22.7 Å². The lowest BCUT2D eigenvalue weighted by molar-refractivity contribution is 0.174. The molecule has 0 saturated carbocycles. The number of aromatic nitrogens is 2. The molecule has 0 N–H and O–H groups in total. The standard InChI is InChI=1S/C25H37FN2O/c1-4-5-6-7-8-9-10-11-21-17-27-25(28-18-21)22-12-14-24(15-13-22)29-19-23(26)16-20(2)3/h12-15,17-18,20,23H,4-11,16,19H2,1-3H3. The molecule has 0 bridgehead atoms. The highest BCUT2D eigenvalue weighted by Crippen LogP contribution is 2.20. The Hall–Kier alpha value is -1.97. The van der Waals surface area contributed by atoms with Crippen molar-refractivity contribution < 1.29 is 9.13 Å². The SMILES string of the molecule is CCCCCCCCCc1cnc(-c2ccc(OCC(F)CC(C)C)cc2)nc1. The predicted molar refractivity (Wildman–Crippen MR) is 119 cm³/mol. The molecule has 29 heavy (non-hydrogen) atoms. The molecule has 2 rings (SSSR count). The van der Waals surface area contributed by atoms with Gasteiger partial charge in [-0.1, -0.05) is 59.3 Å². The van der Waals surface area contributed by atoms with Crippen molar-refractivity contribution >= 4 is 0 Å². The molecule has 0 aliphatic rings. The maximum absolute atomic E-state index is 13.8. The van der Waals surface area contributed by atoms with Gasteiger partial charge in [0, 0.05) is 18.0 Å². The Labute approximate surface area is 176 Å². The van der Waals surface area contributed by atoms with Gasteiger partial charge in [0.2, 0.25) is 0 Å². The predicted octanol–water partition coefficient (Wildman–Crippen LogP) is 7.20. The Kier molecular flexibility index (Phi) is 10.7. The van der Waals surface area contributed by atoms with E-state index >= 15 is 0 Å². The van der Waals surface area contributed by atoms with E-state index < -0.39 is 6.17 Å². The highest BCUT2D eigenvalue weighted by atomic mass is 19.1. The Bertz CT molecular complexity index is 670. The van der Waals surface area contributed by atoms with Gasteiger partial charge in [-0.05, 0) is 55.0 Å². The van der Waals surface area contributed by atoms with E-state index in [1.54, 1.807) is 0 Å². The van der Waals surface area contributed by atoms with Gasteiger partial charge in [-0.25, -0.2) is 14.4 Å². The second kappa shape index (κ2) is 13.3. The van der Waals surface area contributed by atoms with Crippen molar-refractivity contribution in [2.45, 2.75) is 84.7 Å². The number of rotatable bonds is 14. The summed E-state index contributed by atoms with van der Waals surface area (Å²) in [5, 5.41) is 0. The maximum Gasteiger partial charge on any atom is 0.159 e. The van der Waals surface area contributed by atoms with Crippen LogP contribution in [0.3, 0.4) is 0 Å². The van der Waals surface area contributed by atoms with Crippen LogP contribution in [0.4, 0.5) is 4.39 Å².